The lowest BCUT2D eigenvalue weighted by atomic mass is 9.96. The normalized spacial score (nSPS) is 20.6. The maximum Gasteiger partial charge on any atom is 0.173 e. The van der Waals surface area contributed by atoms with E-state index in [0.29, 0.717) is 6.04 Å². The van der Waals surface area contributed by atoms with Crippen molar-refractivity contribution in [3.63, 3.8) is 0 Å². The molecule has 0 unspecified atom stereocenters. The van der Waals surface area contributed by atoms with Crippen molar-refractivity contribution in [2.45, 2.75) is 32.2 Å². The molecule has 2 heterocycles. The Labute approximate surface area is 141 Å². The second-order valence-electron chi connectivity index (χ2n) is 6.32. The van der Waals surface area contributed by atoms with Crippen LogP contribution in [0.4, 0.5) is 5.69 Å². The molecule has 2 aromatic rings. The van der Waals surface area contributed by atoms with Crippen LogP contribution in [-0.2, 0) is 6.42 Å². The molecule has 0 saturated heterocycles. The SMILES string of the molecule is Cc1cccc(NC(=S)N2CCc3sccc3[C@@H]2C2CC2)c1. The van der Waals surface area contributed by atoms with E-state index in [1.54, 1.807) is 4.88 Å². The molecule has 1 saturated carbocycles. The van der Waals surface area contributed by atoms with Gasteiger partial charge >= 0.3 is 0 Å². The Morgan fingerprint density at radius 1 is 1.32 bits per heavy atom. The van der Waals surface area contributed by atoms with Crippen LogP contribution in [0.15, 0.2) is 35.7 Å². The summed E-state index contributed by atoms with van der Waals surface area (Å²) in [4.78, 5) is 3.98. The molecule has 1 N–H and O–H groups in total. The van der Waals surface area contributed by atoms with Gasteiger partial charge in [0.05, 0.1) is 6.04 Å². The van der Waals surface area contributed by atoms with Gasteiger partial charge in [0, 0.05) is 17.1 Å². The van der Waals surface area contributed by atoms with Gasteiger partial charge in [-0.2, -0.15) is 0 Å². The molecule has 114 valence electrons. The smallest absolute Gasteiger partial charge is 0.173 e. The number of rotatable bonds is 2. The molecule has 1 fully saturated rings. The quantitative estimate of drug-likeness (QED) is 0.800. The van der Waals surface area contributed by atoms with E-state index in [1.807, 2.05) is 11.3 Å². The fourth-order valence-corrected chi connectivity index (χ4v) is 4.65. The van der Waals surface area contributed by atoms with E-state index in [9.17, 15) is 0 Å². The number of anilines is 1. The van der Waals surface area contributed by atoms with Crippen LogP contribution in [-0.4, -0.2) is 16.6 Å². The van der Waals surface area contributed by atoms with E-state index in [0.717, 1.165) is 29.7 Å². The fraction of sp³-hybridized carbons (Fsp3) is 0.389. The van der Waals surface area contributed by atoms with Crippen LogP contribution >= 0.6 is 23.6 Å². The second-order valence-corrected chi connectivity index (χ2v) is 7.71. The van der Waals surface area contributed by atoms with Crippen LogP contribution in [0.3, 0.4) is 0 Å². The first-order valence-electron chi connectivity index (χ1n) is 7.93. The van der Waals surface area contributed by atoms with Gasteiger partial charge in [0.1, 0.15) is 0 Å². The van der Waals surface area contributed by atoms with Gasteiger partial charge < -0.3 is 10.2 Å². The van der Waals surface area contributed by atoms with Crippen molar-refractivity contribution in [3.05, 3.63) is 51.7 Å². The minimum absolute atomic E-state index is 0.486. The summed E-state index contributed by atoms with van der Waals surface area (Å²) in [7, 11) is 0. The van der Waals surface area contributed by atoms with Gasteiger partial charge in [0.15, 0.2) is 5.11 Å². The van der Waals surface area contributed by atoms with E-state index in [1.165, 1.54) is 24.0 Å². The number of nitrogens with zero attached hydrogens (tertiary/aromatic N) is 1. The Morgan fingerprint density at radius 3 is 2.95 bits per heavy atom. The van der Waals surface area contributed by atoms with Crippen molar-refractivity contribution < 1.29 is 0 Å². The first-order chi connectivity index (χ1) is 10.7. The van der Waals surface area contributed by atoms with Crippen molar-refractivity contribution in [2.24, 2.45) is 5.92 Å². The number of thiophene rings is 1. The molecule has 4 heteroatoms. The summed E-state index contributed by atoms with van der Waals surface area (Å²) in [6.07, 6.45) is 3.79. The number of fused-ring (bicyclic) bond motifs is 1. The summed E-state index contributed by atoms with van der Waals surface area (Å²) >= 11 is 7.65. The highest BCUT2D eigenvalue weighted by atomic mass is 32.1. The molecule has 1 aliphatic carbocycles. The molecule has 0 radical (unpaired) electrons. The Morgan fingerprint density at radius 2 is 2.18 bits per heavy atom. The lowest BCUT2D eigenvalue weighted by molar-refractivity contribution is 0.276. The van der Waals surface area contributed by atoms with Crippen LogP contribution in [0.25, 0.3) is 0 Å². The number of thiocarbonyl (C=S) groups is 1. The first kappa shape index (κ1) is 14.2. The van der Waals surface area contributed by atoms with Crippen LogP contribution in [0.1, 0.15) is 34.9 Å². The molecular weight excluding hydrogens is 308 g/mol. The maximum absolute atomic E-state index is 5.74. The Balaban J connectivity index is 1.57. The van der Waals surface area contributed by atoms with Gasteiger partial charge in [-0.3, -0.25) is 0 Å². The van der Waals surface area contributed by atoms with Gasteiger partial charge in [0.2, 0.25) is 0 Å². The highest BCUT2D eigenvalue weighted by Gasteiger charge is 2.40. The van der Waals surface area contributed by atoms with Gasteiger partial charge in [-0.05, 0) is 79.0 Å². The molecule has 1 aromatic carbocycles. The molecule has 22 heavy (non-hydrogen) atoms. The Bertz CT molecular complexity index is 703. The summed E-state index contributed by atoms with van der Waals surface area (Å²) in [5, 5.41) is 6.56. The minimum Gasteiger partial charge on any atom is -0.341 e. The molecule has 2 aliphatic rings. The van der Waals surface area contributed by atoms with E-state index in [2.05, 4.69) is 52.9 Å². The minimum atomic E-state index is 0.486. The van der Waals surface area contributed by atoms with Gasteiger partial charge in [0.25, 0.3) is 0 Å². The summed E-state index contributed by atoms with van der Waals surface area (Å²) in [6, 6.07) is 11.2. The number of hydrogen-bond acceptors (Lipinski definition) is 2. The Hall–Kier alpha value is -1.39. The molecule has 0 bridgehead atoms. The molecule has 0 spiro atoms. The zero-order valence-corrected chi connectivity index (χ0v) is 14.3. The maximum atomic E-state index is 5.74. The molecule has 1 aromatic heterocycles. The average molecular weight is 329 g/mol. The number of hydrogen-bond donors (Lipinski definition) is 1. The largest absolute Gasteiger partial charge is 0.341 e. The summed E-state index contributed by atoms with van der Waals surface area (Å²) in [5.74, 6) is 0.783. The lowest BCUT2D eigenvalue weighted by Crippen LogP contribution is -2.42. The van der Waals surface area contributed by atoms with Gasteiger partial charge in [-0.15, -0.1) is 11.3 Å². The average Bonchev–Trinajstić information content (AvgIpc) is 3.22. The van der Waals surface area contributed by atoms with Crippen molar-refractivity contribution in [2.75, 3.05) is 11.9 Å². The number of benzene rings is 1. The first-order valence-corrected chi connectivity index (χ1v) is 9.22. The molecule has 1 atom stereocenters. The van der Waals surface area contributed by atoms with Gasteiger partial charge in [-0.1, -0.05) is 12.1 Å². The van der Waals surface area contributed by atoms with Crippen LogP contribution in [0.5, 0.6) is 0 Å². The fourth-order valence-electron chi connectivity index (χ4n) is 3.41. The number of nitrogens with one attached hydrogen (secondary N) is 1. The molecule has 0 amide bonds. The van der Waals surface area contributed by atoms with Crippen molar-refractivity contribution in [3.8, 4) is 0 Å². The van der Waals surface area contributed by atoms with E-state index in [-0.39, 0.29) is 0 Å². The van der Waals surface area contributed by atoms with Crippen LogP contribution in [0.2, 0.25) is 0 Å². The van der Waals surface area contributed by atoms with E-state index < -0.39 is 0 Å². The predicted molar refractivity (Wildman–Crippen MR) is 97.6 cm³/mol. The molecule has 1 aliphatic heterocycles. The zero-order valence-electron chi connectivity index (χ0n) is 12.7. The highest BCUT2D eigenvalue weighted by molar-refractivity contribution is 7.80. The number of aryl methyl sites for hydroxylation is 1. The Kier molecular flexibility index (Phi) is 3.66. The van der Waals surface area contributed by atoms with Crippen molar-refractivity contribution in [1.29, 1.82) is 0 Å². The second kappa shape index (κ2) is 5.67. The third-order valence-corrected chi connectivity index (χ3v) is 5.95. The lowest BCUT2D eigenvalue weighted by Gasteiger charge is -2.38. The zero-order chi connectivity index (χ0) is 15.1. The summed E-state index contributed by atoms with van der Waals surface area (Å²) in [5.41, 5.74) is 3.87. The van der Waals surface area contributed by atoms with Crippen LogP contribution < -0.4 is 5.32 Å². The van der Waals surface area contributed by atoms with E-state index in [4.69, 9.17) is 12.2 Å². The monoisotopic (exact) mass is 328 g/mol. The standard InChI is InChI=1S/C18H20N2S2/c1-12-3-2-4-14(11-12)19-18(21)20-9-7-16-15(8-10-22-16)17(20)13-5-6-13/h2-4,8,10-11,13,17H,5-7,9H2,1H3,(H,19,21)/t17-/m0/s1. The molecule has 2 nitrogen and oxygen atoms in total. The van der Waals surface area contributed by atoms with Crippen LogP contribution in [0, 0.1) is 12.8 Å². The summed E-state index contributed by atoms with van der Waals surface area (Å²) < 4.78 is 0. The third-order valence-electron chi connectivity index (χ3n) is 4.61. The third kappa shape index (κ3) is 2.66. The molecular formula is C18H20N2S2. The van der Waals surface area contributed by atoms with Gasteiger partial charge in [-0.25, -0.2) is 0 Å². The summed E-state index contributed by atoms with van der Waals surface area (Å²) in [6.45, 7) is 3.14. The van der Waals surface area contributed by atoms with E-state index >= 15 is 0 Å². The highest BCUT2D eigenvalue weighted by Crippen LogP contribution is 2.48. The predicted octanol–water partition coefficient (Wildman–Crippen LogP) is 4.76. The van der Waals surface area contributed by atoms with Crippen molar-refractivity contribution >= 4 is 34.4 Å². The van der Waals surface area contributed by atoms with Crippen molar-refractivity contribution in [1.82, 2.24) is 4.90 Å². The topological polar surface area (TPSA) is 15.3 Å². The molecule has 4 rings (SSSR count).